The first kappa shape index (κ1) is 9.70. The summed E-state index contributed by atoms with van der Waals surface area (Å²) in [5.41, 5.74) is 6.85. The molecule has 2 aromatic rings. The number of aromatic amines is 1. The van der Waals surface area contributed by atoms with Gasteiger partial charge < -0.3 is 10.5 Å². The van der Waals surface area contributed by atoms with Crippen molar-refractivity contribution in [3.8, 4) is 5.75 Å². The average molecular weight is 213 g/mol. The second-order valence-corrected chi connectivity index (χ2v) is 3.12. The predicted molar refractivity (Wildman–Crippen MR) is 51.9 cm³/mol. The molecule has 2 rings (SSSR count). The van der Waals surface area contributed by atoms with Gasteiger partial charge >= 0.3 is 6.61 Å². The van der Waals surface area contributed by atoms with Crippen LogP contribution in [0.1, 0.15) is 5.56 Å². The van der Waals surface area contributed by atoms with Gasteiger partial charge in [-0.15, -0.1) is 0 Å². The van der Waals surface area contributed by atoms with Gasteiger partial charge in [-0.2, -0.15) is 13.9 Å². The minimum Gasteiger partial charge on any atom is -0.433 e. The number of anilines is 1. The Morgan fingerprint density at radius 2 is 2.20 bits per heavy atom. The molecule has 0 aliphatic heterocycles. The Bertz CT molecular complexity index is 495. The molecule has 80 valence electrons. The molecule has 3 N–H and O–H groups in total. The molecule has 15 heavy (non-hydrogen) atoms. The fourth-order valence-electron chi connectivity index (χ4n) is 1.50. The lowest BCUT2D eigenvalue weighted by Gasteiger charge is -2.06. The van der Waals surface area contributed by atoms with Crippen molar-refractivity contribution in [3.05, 3.63) is 17.7 Å². The number of H-pyrrole nitrogens is 1. The van der Waals surface area contributed by atoms with Gasteiger partial charge in [0.1, 0.15) is 5.52 Å². The third-order valence-corrected chi connectivity index (χ3v) is 2.14. The number of aromatic nitrogens is 2. The molecule has 0 aliphatic carbocycles. The van der Waals surface area contributed by atoms with Crippen molar-refractivity contribution in [3.63, 3.8) is 0 Å². The summed E-state index contributed by atoms with van der Waals surface area (Å²) in [5.74, 6) is 0.331. The van der Waals surface area contributed by atoms with E-state index in [2.05, 4.69) is 14.9 Å². The van der Waals surface area contributed by atoms with Crippen LogP contribution in [0.15, 0.2) is 12.1 Å². The largest absolute Gasteiger partial charge is 0.433 e. The summed E-state index contributed by atoms with van der Waals surface area (Å²) in [5, 5.41) is 6.94. The fourth-order valence-corrected chi connectivity index (χ4v) is 1.50. The van der Waals surface area contributed by atoms with E-state index in [9.17, 15) is 8.78 Å². The molecular weight excluding hydrogens is 204 g/mol. The lowest BCUT2D eigenvalue weighted by Crippen LogP contribution is -2.02. The zero-order chi connectivity index (χ0) is 11.0. The molecule has 1 aromatic carbocycles. The van der Waals surface area contributed by atoms with Gasteiger partial charge in [-0.05, 0) is 18.6 Å². The lowest BCUT2D eigenvalue weighted by atomic mass is 10.1. The molecule has 0 bridgehead atoms. The number of hydrogen-bond donors (Lipinski definition) is 2. The molecule has 0 saturated heterocycles. The molecule has 6 heteroatoms. The maximum Gasteiger partial charge on any atom is 0.387 e. The van der Waals surface area contributed by atoms with Crippen molar-refractivity contribution in [2.75, 3.05) is 5.73 Å². The molecule has 0 fully saturated rings. The van der Waals surface area contributed by atoms with Crippen LogP contribution in [0.5, 0.6) is 5.75 Å². The number of benzene rings is 1. The predicted octanol–water partition coefficient (Wildman–Crippen LogP) is 2.05. The molecule has 0 unspecified atom stereocenters. The van der Waals surface area contributed by atoms with E-state index >= 15 is 0 Å². The number of alkyl halides is 2. The standard InChI is InChI=1S/C9H9F2N3O/c1-4-2-3-5(15-9(10)11)7-6(4)8(12)14-13-7/h2-3,9H,1H3,(H3,12,13,14). The van der Waals surface area contributed by atoms with E-state index < -0.39 is 6.61 Å². The summed E-state index contributed by atoms with van der Waals surface area (Å²) in [4.78, 5) is 0. The van der Waals surface area contributed by atoms with Gasteiger partial charge in [0.05, 0.1) is 5.39 Å². The number of fused-ring (bicyclic) bond motifs is 1. The Kier molecular flexibility index (Phi) is 2.18. The van der Waals surface area contributed by atoms with Crippen molar-refractivity contribution < 1.29 is 13.5 Å². The normalized spacial score (nSPS) is 11.2. The smallest absolute Gasteiger partial charge is 0.387 e. The first-order valence-electron chi connectivity index (χ1n) is 4.27. The third-order valence-electron chi connectivity index (χ3n) is 2.14. The monoisotopic (exact) mass is 213 g/mol. The van der Waals surface area contributed by atoms with E-state index in [0.29, 0.717) is 10.9 Å². The SMILES string of the molecule is Cc1ccc(OC(F)F)c2[nH]nc(N)c12. The van der Waals surface area contributed by atoms with E-state index in [4.69, 9.17) is 5.73 Å². The summed E-state index contributed by atoms with van der Waals surface area (Å²) in [6, 6.07) is 3.12. The molecule has 4 nitrogen and oxygen atoms in total. The average Bonchev–Trinajstić information content (AvgIpc) is 2.53. The third kappa shape index (κ3) is 1.58. The molecule has 0 aliphatic rings. The number of ether oxygens (including phenoxy) is 1. The minimum atomic E-state index is -2.86. The molecule has 1 heterocycles. The molecule has 0 spiro atoms. The van der Waals surface area contributed by atoms with Gasteiger partial charge in [0.15, 0.2) is 11.6 Å². The fraction of sp³-hybridized carbons (Fsp3) is 0.222. The number of aryl methyl sites for hydroxylation is 1. The van der Waals surface area contributed by atoms with Crippen LogP contribution in [0.3, 0.4) is 0 Å². The second kappa shape index (κ2) is 3.38. The quantitative estimate of drug-likeness (QED) is 0.802. The highest BCUT2D eigenvalue weighted by Crippen LogP contribution is 2.30. The molecule has 0 radical (unpaired) electrons. The van der Waals surface area contributed by atoms with Crippen LogP contribution in [0.25, 0.3) is 10.9 Å². The second-order valence-electron chi connectivity index (χ2n) is 3.12. The van der Waals surface area contributed by atoms with E-state index in [1.54, 1.807) is 6.07 Å². The van der Waals surface area contributed by atoms with Crippen molar-refractivity contribution >= 4 is 16.7 Å². The maximum atomic E-state index is 12.1. The van der Waals surface area contributed by atoms with Gasteiger partial charge in [-0.25, -0.2) is 0 Å². The van der Waals surface area contributed by atoms with Crippen molar-refractivity contribution in [1.29, 1.82) is 0 Å². The number of rotatable bonds is 2. The molecule has 0 atom stereocenters. The van der Waals surface area contributed by atoms with Crippen LogP contribution in [-0.2, 0) is 0 Å². The van der Waals surface area contributed by atoms with Gasteiger partial charge in [0.25, 0.3) is 0 Å². The number of nitrogens with two attached hydrogens (primary N) is 1. The van der Waals surface area contributed by atoms with Gasteiger partial charge in [0, 0.05) is 0 Å². The zero-order valence-corrected chi connectivity index (χ0v) is 7.92. The minimum absolute atomic E-state index is 0.0507. The van der Waals surface area contributed by atoms with Gasteiger partial charge in [0.2, 0.25) is 0 Å². The molecular formula is C9H9F2N3O. The van der Waals surface area contributed by atoms with Gasteiger partial charge in [-0.1, -0.05) is 6.07 Å². The summed E-state index contributed by atoms with van der Waals surface area (Å²) in [7, 11) is 0. The van der Waals surface area contributed by atoms with Crippen molar-refractivity contribution in [2.45, 2.75) is 13.5 Å². The number of nitrogens with zero attached hydrogens (tertiary/aromatic N) is 1. The van der Waals surface area contributed by atoms with Crippen molar-refractivity contribution in [1.82, 2.24) is 10.2 Å². The molecule has 1 aromatic heterocycles. The highest BCUT2D eigenvalue weighted by Gasteiger charge is 2.13. The number of nitrogen functional groups attached to an aromatic ring is 1. The van der Waals surface area contributed by atoms with Crippen LogP contribution in [0.4, 0.5) is 14.6 Å². The Morgan fingerprint density at radius 1 is 1.47 bits per heavy atom. The van der Waals surface area contributed by atoms with E-state index in [-0.39, 0.29) is 11.6 Å². The summed E-state index contributed by atoms with van der Waals surface area (Å²) in [6.07, 6.45) is 0. The summed E-state index contributed by atoms with van der Waals surface area (Å²) < 4.78 is 28.5. The van der Waals surface area contributed by atoms with Crippen LogP contribution < -0.4 is 10.5 Å². The summed E-state index contributed by atoms with van der Waals surface area (Å²) >= 11 is 0. The number of halogens is 2. The maximum absolute atomic E-state index is 12.1. The van der Waals surface area contributed by atoms with E-state index in [1.165, 1.54) is 6.07 Å². The number of nitrogens with one attached hydrogen (secondary N) is 1. The van der Waals surface area contributed by atoms with E-state index in [0.717, 1.165) is 5.56 Å². The zero-order valence-electron chi connectivity index (χ0n) is 7.92. The Balaban J connectivity index is 2.62. The Hall–Kier alpha value is -1.85. The highest BCUT2D eigenvalue weighted by molar-refractivity contribution is 5.95. The van der Waals surface area contributed by atoms with E-state index in [1.807, 2.05) is 6.92 Å². The first-order valence-corrected chi connectivity index (χ1v) is 4.27. The van der Waals surface area contributed by atoms with Crippen LogP contribution in [0, 0.1) is 6.92 Å². The number of hydrogen-bond acceptors (Lipinski definition) is 3. The van der Waals surface area contributed by atoms with Gasteiger partial charge in [-0.3, -0.25) is 5.10 Å². The topological polar surface area (TPSA) is 63.9 Å². The van der Waals surface area contributed by atoms with Crippen LogP contribution in [-0.4, -0.2) is 16.8 Å². The lowest BCUT2D eigenvalue weighted by molar-refractivity contribution is -0.0489. The molecule has 0 amide bonds. The first-order chi connectivity index (χ1) is 7.09. The highest BCUT2D eigenvalue weighted by atomic mass is 19.3. The Labute approximate surface area is 84.0 Å². The van der Waals surface area contributed by atoms with Crippen LogP contribution in [0.2, 0.25) is 0 Å². The van der Waals surface area contributed by atoms with Crippen molar-refractivity contribution in [2.24, 2.45) is 0 Å². The molecule has 0 saturated carbocycles. The Morgan fingerprint density at radius 3 is 2.87 bits per heavy atom. The van der Waals surface area contributed by atoms with Crippen LogP contribution >= 0.6 is 0 Å². The summed E-state index contributed by atoms with van der Waals surface area (Å²) in [6.45, 7) is -1.04.